The maximum Gasteiger partial charge on any atom is 0.183 e. The van der Waals surface area contributed by atoms with Crippen LogP contribution in [0.15, 0.2) is 11.3 Å². The Labute approximate surface area is 202 Å². The first-order valence-corrected chi connectivity index (χ1v) is 13.3. The molecule has 0 aromatic rings. The van der Waals surface area contributed by atoms with E-state index in [1.807, 2.05) is 6.92 Å². The molecular weight excluding hydrogens is 412 g/mol. The number of hydrogen-bond acceptors (Lipinski definition) is 4. The number of allylic oxidation sites excluding steroid dienone is 2. The predicted octanol–water partition coefficient (Wildman–Crippen LogP) is 7.11. The van der Waals surface area contributed by atoms with Crippen LogP contribution in [-0.2, 0) is 14.4 Å². The Hall–Kier alpha value is -1.45. The second-order valence-electron chi connectivity index (χ2n) is 12.5. The Bertz CT molecular complexity index is 787. The summed E-state index contributed by atoms with van der Waals surface area (Å²) in [6.07, 6.45) is 4.85. The molecule has 4 atom stereocenters. The number of fused-ring (bicyclic) bond motifs is 2. The van der Waals surface area contributed by atoms with Gasteiger partial charge >= 0.3 is 0 Å². The van der Waals surface area contributed by atoms with Gasteiger partial charge in [0.25, 0.3) is 0 Å². The molecule has 4 heteroatoms. The van der Waals surface area contributed by atoms with Gasteiger partial charge in [0.1, 0.15) is 5.76 Å². The summed E-state index contributed by atoms with van der Waals surface area (Å²) >= 11 is 0. The lowest BCUT2D eigenvalue weighted by Crippen LogP contribution is -2.66. The van der Waals surface area contributed by atoms with Crippen LogP contribution in [0.2, 0.25) is 0 Å². The SMILES string of the molecule is CC(C)CCC1=C(O)C2(CCC(C)C)CC(CCC(C)C)C(C)C(C(=O)C(C)C)(C1=O)C2=O. The molecule has 0 radical (unpaired) electrons. The van der Waals surface area contributed by atoms with E-state index in [0.29, 0.717) is 42.6 Å². The fourth-order valence-corrected chi connectivity index (χ4v) is 6.14. The molecule has 0 spiro atoms. The summed E-state index contributed by atoms with van der Waals surface area (Å²) in [6, 6.07) is 0. The third-order valence-corrected chi connectivity index (χ3v) is 8.31. The quantitative estimate of drug-likeness (QED) is 0.333. The van der Waals surface area contributed by atoms with E-state index in [-0.39, 0.29) is 29.2 Å². The van der Waals surface area contributed by atoms with Crippen molar-refractivity contribution in [3.63, 3.8) is 0 Å². The molecule has 0 amide bonds. The average Bonchev–Trinajstić information content (AvgIpc) is 2.71. The number of aliphatic hydroxyl groups excluding tert-OH is 1. The standard InChI is InChI=1S/C29H48O4/c1-17(2)10-12-22-16-28(15-14-19(5)6)25(31)23(13-11-18(3)4)26(32)29(21(22)9,27(28)33)24(30)20(7)8/h17-22,31H,10-16H2,1-9H3. The summed E-state index contributed by atoms with van der Waals surface area (Å²) < 4.78 is 0. The van der Waals surface area contributed by atoms with Gasteiger partial charge in [-0.25, -0.2) is 0 Å². The minimum Gasteiger partial charge on any atom is -0.511 e. The lowest BCUT2D eigenvalue weighted by Gasteiger charge is -2.55. The van der Waals surface area contributed by atoms with Gasteiger partial charge < -0.3 is 5.11 Å². The number of aliphatic hydroxyl groups is 1. The first-order chi connectivity index (χ1) is 15.2. The predicted molar refractivity (Wildman–Crippen MR) is 134 cm³/mol. The highest BCUT2D eigenvalue weighted by Gasteiger charge is 2.71. The van der Waals surface area contributed by atoms with E-state index < -0.39 is 22.5 Å². The van der Waals surface area contributed by atoms with E-state index in [0.717, 1.165) is 25.7 Å². The molecular formula is C29H48O4. The van der Waals surface area contributed by atoms with Gasteiger partial charge in [0.2, 0.25) is 0 Å². The van der Waals surface area contributed by atoms with Gasteiger partial charge in [-0.15, -0.1) is 0 Å². The first-order valence-electron chi connectivity index (χ1n) is 13.3. The van der Waals surface area contributed by atoms with Crippen LogP contribution in [0.25, 0.3) is 0 Å². The molecule has 0 saturated heterocycles. The lowest BCUT2D eigenvalue weighted by molar-refractivity contribution is -0.169. The van der Waals surface area contributed by atoms with Crippen LogP contribution in [0, 0.1) is 46.3 Å². The minimum absolute atomic E-state index is 0.00701. The van der Waals surface area contributed by atoms with Gasteiger partial charge in [-0.1, -0.05) is 68.7 Å². The van der Waals surface area contributed by atoms with E-state index >= 15 is 0 Å². The molecule has 2 aliphatic rings. The van der Waals surface area contributed by atoms with Crippen molar-refractivity contribution in [2.75, 3.05) is 0 Å². The summed E-state index contributed by atoms with van der Waals surface area (Å²) in [5, 5.41) is 11.6. The van der Waals surface area contributed by atoms with Crippen LogP contribution >= 0.6 is 0 Å². The second kappa shape index (κ2) is 10.4. The number of hydrogen-bond donors (Lipinski definition) is 1. The summed E-state index contributed by atoms with van der Waals surface area (Å²) in [4.78, 5) is 42.4. The smallest absolute Gasteiger partial charge is 0.183 e. The molecule has 1 N–H and O–H groups in total. The molecule has 0 aromatic heterocycles. The van der Waals surface area contributed by atoms with Crippen LogP contribution in [0.3, 0.4) is 0 Å². The monoisotopic (exact) mass is 460 g/mol. The second-order valence-corrected chi connectivity index (χ2v) is 12.5. The van der Waals surface area contributed by atoms with Crippen LogP contribution in [0.5, 0.6) is 0 Å². The number of carbonyl (C=O) groups excluding carboxylic acids is 3. The topological polar surface area (TPSA) is 71.4 Å². The summed E-state index contributed by atoms with van der Waals surface area (Å²) in [5.74, 6) is -0.452. The normalized spacial score (nSPS) is 30.3. The average molecular weight is 461 g/mol. The van der Waals surface area contributed by atoms with Crippen molar-refractivity contribution in [2.24, 2.45) is 46.3 Å². The highest BCUT2D eigenvalue weighted by molar-refractivity contribution is 6.33. The van der Waals surface area contributed by atoms with Gasteiger partial charge in [0, 0.05) is 11.5 Å². The Morgan fingerprint density at radius 3 is 1.97 bits per heavy atom. The van der Waals surface area contributed by atoms with Crippen molar-refractivity contribution >= 4 is 17.3 Å². The molecule has 0 aliphatic heterocycles. The summed E-state index contributed by atoms with van der Waals surface area (Å²) in [7, 11) is 0. The number of ketones is 3. The van der Waals surface area contributed by atoms with Crippen LogP contribution in [0.4, 0.5) is 0 Å². The van der Waals surface area contributed by atoms with Crippen molar-refractivity contribution in [1.82, 2.24) is 0 Å². The molecule has 188 valence electrons. The third-order valence-electron chi connectivity index (χ3n) is 8.31. The van der Waals surface area contributed by atoms with E-state index in [1.165, 1.54) is 0 Å². The Morgan fingerprint density at radius 2 is 1.48 bits per heavy atom. The zero-order valence-electron chi connectivity index (χ0n) is 22.6. The van der Waals surface area contributed by atoms with E-state index in [4.69, 9.17) is 0 Å². The molecule has 1 fully saturated rings. The Morgan fingerprint density at radius 1 is 0.939 bits per heavy atom. The molecule has 0 heterocycles. The van der Waals surface area contributed by atoms with Crippen LogP contribution < -0.4 is 0 Å². The number of Topliss-reactive ketones (excluding diaryl/α,β-unsaturated/α-hetero) is 3. The molecule has 4 unspecified atom stereocenters. The van der Waals surface area contributed by atoms with Gasteiger partial charge in [-0.3, -0.25) is 14.4 Å². The van der Waals surface area contributed by atoms with Crippen molar-refractivity contribution in [3.8, 4) is 0 Å². The highest BCUT2D eigenvalue weighted by Crippen LogP contribution is 2.61. The maximum atomic E-state index is 14.4. The van der Waals surface area contributed by atoms with Crippen LogP contribution in [0.1, 0.15) is 107 Å². The number of carbonyl (C=O) groups is 3. The fourth-order valence-electron chi connectivity index (χ4n) is 6.14. The zero-order chi connectivity index (χ0) is 25.3. The van der Waals surface area contributed by atoms with Crippen molar-refractivity contribution in [2.45, 2.75) is 107 Å². The van der Waals surface area contributed by atoms with E-state index in [1.54, 1.807) is 13.8 Å². The van der Waals surface area contributed by atoms with Gasteiger partial charge in [0.15, 0.2) is 22.8 Å². The molecule has 2 aliphatic carbocycles. The lowest BCUT2D eigenvalue weighted by atomic mass is 9.44. The molecule has 2 bridgehead atoms. The molecule has 33 heavy (non-hydrogen) atoms. The van der Waals surface area contributed by atoms with Gasteiger partial charge in [0.05, 0.1) is 5.41 Å². The van der Waals surface area contributed by atoms with Crippen LogP contribution in [-0.4, -0.2) is 22.5 Å². The largest absolute Gasteiger partial charge is 0.511 e. The molecule has 0 aromatic carbocycles. The number of rotatable bonds is 11. The van der Waals surface area contributed by atoms with Gasteiger partial charge in [-0.2, -0.15) is 0 Å². The fraction of sp³-hybridized carbons (Fsp3) is 0.828. The molecule has 2 rings (SSSR count). The molecule has 4 nitrogen and oxygen atoms in total. The zero-order valence-corrected chi connectivity index (χ0v) is 22.6. The summed E-state index contributed by atoms with van der Waals surface area (Å²) in [5.41, 5.74) is -2.40. The van der Waals surface area contributed by atoms with E-state index in [9.17, 15) is 19.5 Å². The first kappa shape index (κ1) is 27.8. The maximum absolute atomic E-state index is 14.4. The third kappa shape index (κ3) is 4.86. The minimum atomic E-state index is -1.65. The Balaban J connectivity index is 2.79. The van der Waals surface area contributed by atoms with Crippen molar-refractivity contribution in [3.05, 3.63) is 11.3 Å². The Kier molecular flexibility index (Phi) is 8.79. The van der Waals surface area contributed by atoms with Gasteiger partial charge in [-0.05, 0) is 68.1 Å². The van der Waals surface area contributed by atoms with E-state index in [2.05, 4.69) is 41.5 Å². The van der Waals surface area contributed by atoms with Crippen molar-refractivity contribution in [1.29, 1.82) is 0 Å². The molecule has 1 saturated carbocycles. The summed E-state index contributed by atoms with van der Waals surface area (Å²) in [6.45, 7) is 18.3. The highest BCUT2D eigenvalue weighted by atomic mass is 16.3. The van der Waals surface area contributed by atoms with Crippen molar-refractivity contribution < 1.29 is 19.5 Å².